The number of benzene rings is 1. The van der Waals surface area contributed by atoms with Crippen molar-refractivity contribution < 1.29 is 9.59 Å². The zero-order valence-electron chi connectivity index (χ0n) is 12.1. The Bertz CT molecular complexity index is 565. The number of amides is 2. The quantitative estimate of drug-likeness (QED) is 0.881. The van der Waals surface area contributed by atoms with Gasteiger partial charge in [-0.25, -0.2) is 0 Å². The van der Waals surface area contributed by atoms with Crippen molar-refractivity contribution in [2.75, 3.05) is 18.4 Å². The van der Waals surface area contributed by atoms with E-state index in [1.165, 1.54) is 5.56 Å². The fourth-order valence-electron chi connectivity index (χ4n) is 3.35. The molecule has 0 bridgehead atoms. The molecule has 1 aromatic rings. The van der Waals surface area contributed by atoms with Gasteiger partial charge in [0.05, 0.1) is 6.54 Å². The summed E-state index contributed by atoms with van der Waals surface area (Å²) in [6.07, 6.45) is 5.09. The fraction of sp³-hybridized carbons (Fsp3) is 0.500. The maximum absolute atomic E-state index is 12.8. The van der Waals surface area contributed by atoms with E-state index in [9.17, 15) is 9.59 Å². The molecule has 5 nitrogen and oxygen atoms in total. The molecule has 0 spiro atoms. The lowest BCUT2D eigenvalue weighted by Crippen LogP contribution is -2.44. The molecular formula is C16H21N3O2. The van der Waals surface area contributed by atoms with Crippen molar-refractivity contribution in [3.63, 3.8) is 0 Å². The van der Waals surface area contributed by atoms with E-state index >= 15 is 0 Å². The van der Waals surface area contributed by atoms with Crippen LogP contribution in [0.1, 0.15) is 41.6 Å². The van der Waals surface area contributed by atoms with Crippen molar-refractivity contribution >= 4 is 17.5 Å². The summed E-state index contributed by atoms with van der Waals surface area (Å²) in [6, 6.07) is 5.88. The Kier molecular flexibility index (Phi) is 3.82. The number of nitrogens with two attached hydrogens (primary N) is 1. The van der Waals surface area contributed by atoms with Crippen molar-refractivity contribution in [2.24, 2.45) is 5.73 Å². The second-order valence-electron chi connectivity index (χ2n) is 5.89. The minimum atomic E-state index is -0.446. The summed E-state index contributed by atoms with van der Waals surface area (Å²) < 4.78 is 0. The number of nitrogens with one attached hydrogen (secondary N) is 1. The molecule has 0 unspecified atom stereocenters. The molecule has 1 fully saturated rings. The number of nitrogens with zero attached hydrogens (tertiary/aromatic N) is 1. The molecular weight excluding hydrogens is 266 g/mol. The molecule has 0 atom stereocenters. The maximum atomic E-state index is 12.8. The number of carbonyl (C=O) groups is 2. The van der Waals surface area contributed by atoms with Crippen molar-refractivity contribution in [3.05, 3.63) is 29.3 Å². The highest BCUT2D eigenvalue weighted by Gasteiger charge is 2.29. The van der Waals surface area contributed by atoms with Crippen LogP contribution in [-0.4, -0.2) is 35.8 Å². The average molecular weight is 287 g/mol. The van der Waals surface area contributed by atoms with E-state index in [1.54, 1.807) is 4.90 Å². The largest absolute Gasteiger partial charge is 0.384 e. The van der Waals surface area contributed by atoms with Crippen molar-refractivity contribution in [1.82, 2.24) is 4.90 Å². The van der Waals surface area contributed by atoms with Crippen LogP contribution in [0.4, 0.5) is 5.69 Å². The van der Waals surface area contributed by atoms with Gasteiger partial charge in [0.25, 0.3) is 5.91 Å². The normalized spacial score (nSPS) is 17.3. The first-order valence-corrected chi connectivity index (χ1v) is 7.61. The number of hydrogen-bond acceptors (Lipinski definition) is 3. The topological polar surface area (TPSA) is 75.4 Å². The highest BCUT2D eigenvalue weighted by molar-refractivity contribution is 5.97. The lowest BCUT2D eigenvalue weighted by atomic mass is 10.1. The molecule has 1 aliphatic carbocycles. The smallest absolute Gasteiger partial charge is 0.254 e. The minimum absolute atomic E-state index is 0.0127. The fourth-order valence-corrected chi connectivity index (χ4v) is 3.35. The SMILES string of the molecule is NC(=O)CN(C(=O)c1ccc2c(c1)CCN2)C1CCCC1. The van der Waals surface area contributed by atoms with Gasteiger partial charge in [0, 0.05) is 23.8 Å². The Morgan fingerprint density at radius 2 is 2.05 bits per heavy atom. The number of hydrogen-bond donors (Lipinski definition) is 2. The maximum Gasteiger partial charge on any atom is 0.254 e. The number of carbonyl (C=O) groups excluding carboxylic acids is 2. The molecule has 5 heteroatoms. The predicted molar refractivity (Wildman–Crippen MR) is 81.1 cm³/mol. The van der Waals surface area contributed by atoms with Crippen LogP contribution in [0.2, 0.25) is 0 Å². The van der Waals surface area contributed by atoms with Gasteiger partial charge < -0.3 is 16.0 Å². The summed E-state index contributed by atoms with van der Waals surface area (Å²) in [5, 5.41) is 3.28. The minimum Gasteiger partial charge on any atom is -0.384 e. The van der Waals surface area contributed by atoms with Gasteiger partial charge >= 0.3 is 0 Å². The summed E-state index contributed by atoms with van der Waals surface area (Å²) in [4.78, 5) is 25.7. The van der Waals surface area contributed by atoms with E-state index < -0.39 is 5.91 Å². The number of primary amides is 1. The summed E-state index contributed by atoms with van der Waals surface area (Å²) in [7, 11) is 0. The molecule has 112 valence electrons. The molecule has 1 aromatic carbocycles. The first-order chi connectivity index (χ1) is 10.1. The summed E-state index contributed by atoms with van der Waals surface area (Å²) in [5.74, 6) is -0.520. The van der Waals surface area contributed by atoms with Crippen LogP contribution in [0, 0.1) is 0 Å². The van der Waals surface area contributed by atoms with Gasteiger partial charge in [0.2, 0.25) is 5.91 Å². The van der Waals surface area contributed by atoms with Crippen LogP contribution in [0.5, 0.6) is 0 Å². The second kappa shape index (κ2) is 5.76. The standard InChI is InChI=1S/C16H21N3O2/c17-15(20)10-19(13-3-1-2-4-13)16(21)12-5-6-14-11(9-12)7-8-18-14/h5-6,9,13,18H,1-4,7-8,10H2,(H2,17,20). The number of rotatable bonds is 4. The summed E-state index contributed by atoms with van der Waals surface area (Å²) in [5.41, 5.74) is 8.26. The number of anilines is 1. The Morgan fingerprint density at radius 1 is 1.29 bits per heavy atom. The molecule has 21 heavy (non-hydrogen) atoms. The van der Waals surface area contributed by atoms with Crippen LogP contribution >= 0.6 is 0 Å². The molecule has 2 aliphatic rings. The van der Waals surface area contributed by atoms with Gasteiger partial charge in [-0.2, -0.15) is 0 Å². The highest BCUT2D eigenvalue weighted by atomic mass is 16.2. The third-order valence-electron chi connectivity index (χ3n) is 4.41. The lowest BCUT2D eigenvalue weighted by molar-refractivity contribution is -0.119. The zero-order chi connectivity index (χ0) is 14.8. The Hall–Kier alpha value is -2.04. The second-order valence-corrected chi connectivity index (χ2v) is 5.89. The molecule has 1 aliphatic heterocycles. The summed E-state index contributed by atoms with van der Waals surface area (Å²) >= 11 is 0. The molecule has 0 saturated heterocycles. The first-order valence-electron chi connectivity index (χ1n) is 7.61. The van der Waals surface area contributed by atoms with Crippen LogP contribution in [0.3, 0.4) is 0 Å². The Labute approximate surface area is 124 Å². The van der Waals surface area contributed by atoms with Gasteiger partial charge in [-0.1, -0.05) is 12.8 Å². The van der Waals surface area contributed by atoms with Gasteiger partial charge in [0.1, 0.15) is 0 Å². The molecule has 3 N–H and O–H groups in total. The average Bonchev–Trinajstić information content (AvgIpc) is 3.13. The third-order valence-corrected chi connectivity index (χ3v) is 4.41. The zero-order valence-corrected chi connectivity index (χ0v) is 12.1. The van der Waals surface area contributed by atoms with Gasteiger partial charge in [-0.3, -0.25) is 9.59 Å². The molecule has 1 heterocycles. The van der Waals surface area contributed by atoms with E-state index in [-0.39, 0.29) is 18.5 Å². The van der Waals surface area contributed by atoms with Crippen LogP contribution in [-0.2, 0) is 11.2 Å². The van der Waals surface area contributed by atoms with E-state index in [2.05, 4.69) is 5.32 Å². The molecule has 0 radical (unpaired) electrons. The van der Waals surface area contributed by atoms with Crippen molar-refractivity contribution in [3.8, 4) is 0 Å². The van der Waals surface area contributed by atoms with Crippen LogP contribution in [0.15, 0.2) is 18.2 Å². The van der Waals surface area contributed by atoms with Gasteiger partial charge in [0.15, 0.2) is 0 Å². The predicted octanol–water partition coefficient (Wildman–Crippen LogP) is 1.52. The van der Waals surface area contributed by atoms with Crippen LogP contribution < -0.4 is 11.1 Å². The van der Waals surface area contributed by atoms with E-state index in [0.29, 0.717) is 5.56 Å². The monoisotopic (exact) mass is 287 g/mol. The number of fused-ring (bicyclic) bond motifs is 1. The van der Waals surface area contributed by atoms with Crippen LogP contribution in [0.25, 0.3) is 0 Å². The van der Waals surface area contributed by atoms with Crippen molar-refractivity contribution in [1.29, 1.82) is 0 Å². The summed E-state index contributed by atoms with van der Waals surface area (Å²) in [6.45, 7) is 0.930. The van der Waals surface area contributed by atoms with Gasteiger partial charge in [-0.15, -0.1) is 0 Å². The molecule has 3 rings (SSSR count). The first kappa shape index (κ1) is 13.9. The third kappa shape index (κ3) is 2.86. The van der Waals surface area contributed by atoms with E-state index in [1.807, 2.05) is 18.2 Å². The molecule has 1 saturated carbocycles. The van der Waals surface area contributed by atoms with Gasteiger partial charge in [-0.05, 0) is 43.0 Å². The lowest BCUT2D eigenvalue weighted by Gasteiger charge is -2.28. The molecule has 2 amide bonds. The Balaban J connectivity index is 1.84. The highest BCUT2D eigenvalue weighted by Crippen LogP contribution is 2.27. The van der Waals surface area contributed by atoms with E-state index in [4.69, 9.17) is 5.73 Å². The molecule has 0 aromatic heterocycles. The van der Waals surface area contributed by atoms with E-state index in [0.717, 1.165) is 44.3 Å². The Morgan fingerprint density at radius 3 is 2.76 bits per heavy atom. The van der Waals surface area contributed by atoms with Crippen molar-refractivity contribution in [2.45, 2.75) is 38.1 Å².